The molecule has 3 heteroatoms. The van der Waals surface area contributed by atoms with E-state index in [1.165, 1.54) is 18.9 Å². The maximum Gasteiger partial charge on any atom is 0.302 e. The number of carbonyl (C=O) groups is 1. The molecule has 86 valence electrons. The first-order chi connectivity index (χ1) is 7.62. The van der Waals surface area contributed by atoms with Gasteiger partial charge >= 0.3 is 5.97 Å². The standard InChI is InChI=1S/C13H15BrO2/c1-10(15)16-9-13(7-2-8-13)11-3-5-12(14)6-4-11/h3-6H,2,7-9H2,1H3. The zero-order valence-electron chi connectivity index (χ0n) is 9.33. The van der Waals surface area contributed by atoms with Crippen molar-refractivity contribution < 1.29 is 9.53 Å². The molecule has 0 unspecified atom stereocenters. The molecule has 1 aliphatic carbocycles. The van der Waals surface area contributed by atoms with Gasteiger partial charge in [-0.05, 0) is 30.5 Å². The minimum atomic E-state index is -0.191. The number of hydrogen-bond acceptors (Lipinski definition) is 2. The summed E-state index contributed by atoms with van der Waals surface area (Å²) < 4.78 is 6.26. The predicted octanol–water partition coefficient (Wildman–Crippen LogP) is 3.43. The lowest BCUT2D eigenvalue weighted by molar-refractivity contribution is -0.144. The maximum absolute atomic E-state index is 10.9. The van der Waals surface area contributed by atoms with Crippen LogP contribution in [0.4, 0.5) is 0 Å². The van der Waals surface area contributed by atoms with Crippen LogP contribution in [0.5, 0.6) is 0 Å². The highest BCUT2D eigenvalue weighted by atomic mass is 79.9. The van der Waals surface area contributed by atoms with Crippen molar-refractivity contribution in [3.05, 3.63) is 34.3 Å². The highest BCUT2D eigenvalue weighted by Gasteiger charge is 2.39. The van der Waals surface area contributed by atoms with Gasteiger partial charge in [0.25, 0.3) is 0 Å². The van der Waals surface area contributed by atoms with Gasteiger partial charge in [-0.1, -0.05) is 34.5 Å². The minimum absolute atomic E-state index is 0.0758. The van der Waals surface area contributed by atoms with E-state index in [1.807, 2.05) is 12.1 Å². The molecular weight excluding hydrogens is 268 g/mol. The van der Waals surface area contributed by atoms with Crippen LogP contribution in [0.2, 0.25) is 0 Å². The molecule has 0 saturated heterocycles. The first kappa shape index (κ1) is 11.6. The normalized spacial score (nSPS) is 17.6. The van der Waals surface area contributed by atoms with E-state index in [0.717, 1.165) is 17.3 Å². The Labute approximate surface area is 104 Å². The van der Waals surface area contributed by atoms with Gasteiger partial charge in [-0.15, -0.1) is 0 Å². The lowest BCUT2D eigenvalue weighted by Gasteiger charge is -2.41. The number of hydrogen-bond donors (Lipinski definition) is 0. The van der Waals surface area contributed by atoms with Crippen LogP contribution in [-0.4, -0.2) is 12.6 Å². The van der Waals surface area contributed by atoms with Crippen LogP contribution in [0.15, 0.2) is 28.7 Å². The van der Waals surface area contributed by atoms with Gasteiger partial charge in [-0.3, -0.25) is 4.79 Å². The smallest absolute Gasteiger partial charge is 0.302 e. The molecule has 1 saturated carbocycles. The number of benzene rings is 1. The summed E-state index contributed by atoms with van der Waals surface area (Å²) >= 11 is 3.43. The third-order valence-electron chi connectivity index (χ3n) is 3.32. The molecule has 0 atom stereocenters. The molecule has 0 heterocycles. The second kappa shape index (κ2) is 4.58. The maximum atomic E-state index is 10.9. The monoisotopic (exact) mass is 282 g/mol. The van der Waals surface area contributed by atoms with Crippen LogP contribution in [0.25, 0.3) is 0 Å². The Balaban J connectivity index is 2.14. The number of halogens is 1. The second-order valence-electron chi connectivity index (χ2n) is 4.42. The Hall–Kier alpha value is -0.830. The van der Waals surface area contributed by atoms with Crippen LogP contribution in [0, 0.1) is 0 Å². The van der Waals surface area contributed by atoms with Crippen molar-refractivity contribution in [2.24, 2.45) is 0 Å². The first-order valence-corrected chi connectivity index (χ1v) is 6.31. The molecule has 1 fully saturated rings. The number of ether oxygens (including phenoxy) is 1. The SMILES string of the molecule is CC(=O)OCC1(c2ccc(Br)cc2)CCC1. The zero-order chi connectivity index (χ0) is 11.6. The Kier molecular flexibility index (Phi) is 3.33. The van der Waals surface area contributed by atoms with Crippen molar-refractivity contribution in [1.29, 1.82) is 0 Å². The van der Waals surface area contributed by atoms with Crippen LogP contribution < -0.4 is 0 Å². The Bertz CT molecular complexity index is 379. The second-order valence-corrected chi connectivity index (χ2v) is 5.34. The van der Waals surface area contributed by atoms with Gasteiger partial charge in [-0.25, -0.2) is 0 Å². The molecule has 1 aromatic rings. The summed E-state index contributed by atoms with van der Waals surface area (Å²) in [7, 11) is 0. The fourth-order valence-corrected chi connectivity index (χ4v) is 2.43. The number of esters is 1. The van der Waals surface area contributed by atoms with Crippen molar-refractivity contribution in [3.63, 3.8) is 0 Å². The molecule has 0 spiro atoms. The van der Waals surface area contributed by atoms with Gasteiger partial charge in [0, 0.05) is 16.8 Å². The van der Waals surface area contributed by atoms with Crippen LogP contribution >= 0.6 is 15.9 Å². The molecule has 1 aromatic carbocycles. The lowest BCUT2D eigenvalue weighted by Crippen LogP contribution is -2.39. The summed E-state index contributed by atoms with van der Waals surface area (Å²) in [5, 5.41) is 0. The fourth-order valence-electron chi connectivity index (χ4n) is 2.16. The molecule has 0 aliphatic heterocycles. The highest BCUT2D eigenvalue weighted by Crippen LogP contribution is 2.44. The molecule has 1 aliphatic rings. The summed E-state index contributed by atoms with van der Waals surface area (Å²) in [6.07, 6.45) is 3.45. The van der Waals surface area contributed by atoms with Gasteiger partial charge in [0.15, 0.2) is 0 Å². The summed E-state index contributed by atoms with van der Waals surface area (Å²) in [4.78, 5) is 10.9. The van der Waals surface area contributed by atoms with Crippen LogP contribution in [0.1, 0.15) is 31.7 Å². The van der Waals surface area contributed by atoms with Gasteiger partial charge in [0.2, 0.25) is 0 Å². The van der Waals surface area contributed by atoms with E-state index >= 15 is 0 Å². The van der Waals surface area contributed by atoms with Crippen LogP contribution in [-0.2, 0) is 14.9 Å². The van der Waals surface area contributed by atoms with E-state index in [1.54, 1.807) is 0 Å². The molecular formula is C13H15BrO2. The molecule has 2 rings (SSSR count). The number of carbonyl (C=O) groups excluding carboxylic acids is 1. The van der Waals surface area contributed by atoms with Gasteiger partial charge in [0.05, 0.1) is 0 Å². The van der Waals surface area contributed by atoms with Crippen molar-refractivity contribution in [2.75, 3.05) is 6.61 Å². The van der Waals surface area contributed by atoms with E-state index in [-0.39, 0.29) is 11.4 Å². The van der Waals surface area contributed by atoms with Gasteiger partial charge in [0.1, 0.15) is 6.61 Å². The first-order valence-electron chi connectivity index (χ1n) is 5.52. The molecule has 0 aromatic heterocycles. The van der Waals surface area contributed by atoms with E-state index in [0.29, 0.717) is 6.61 Å². The van der Waals surface area contributed by atoms with Crippen molar-refractivity contribution >= 4 is 21.9 Å². The minimum Gasteiger partial charge on any atom is -0.465 e. The average molecular weight is 283 g/mol. The zero-order valence-corrected chi connectivity index (χ0v) is 10.9. The molecule has 0 bridgehead atoms. The van der Waals surface area contributed by atoms with Crippen molar-refractivity contribution in [2.45, 2.75) is 31.6 Å². The van der Waals surface area contributed by atoms with E-state index in [9.17, 15) is 4.79 Å². The molecule has 0 N–H and O–H groups in total. The van der Waals surface area contributed by atoms with Crippen LogP contribution in [0.3, 0.4) is 0 Å². The molecule has 16 heavy (non-hydrogen) atoms. The van der Waals surface area contributed by atoms with Gasteiger partial charge in [-0.2, -0.15) is 0 Å². The van der Waals surface area contributed by atoms with E-state index in [2.05, 4.69) is 28.1 Å². The Morgan fingerprint density at radius 2 is 2.00 bits per heavy atom. The van der Waals surface area contributed by atoms with Crippen molar-refractivity contribution in [1.82, 2.24) is 0 Å². The topological polar surface area (TPSA) is 26.3 Å². The molecule has 2 nitrogen and oxygen atoms in total. The Morgan fingerprint density at radius 3 is 2.44 bits per heavy atom. The number of rotatable bonds is 3. The third kappa shape index (κ3) is 2.29. The third-order valence-corrected chi connectivity index (χ3v) is 3.85. The molecule has 0 radical (unpaired) electrons. The largest absolute Gasteiger partial charge is 0.465 e. The average Bonchev–Trinajstić information content (AvgIpc) is 2.18. The summed E-state index contributed by atoms with van der Waals surface area (Å²) in [6.45, 7) is 1.98. The molecule has 0 amide bonds. The van der Waals surface area contributed by atoms with Crippen molar-refractivity contribution in [3.8, 4) is 0 Å². The summed E-state index contributed by atoms with van der Waals surface area (Å²) in [5.74, 6) is -0.191. The predicted molar refractivity (Wildman–Crippen MR) is 66.3 cm³/mol. The quantitative estimate of drug-likeness (QED) is 0.794. The van der Waals surface area contributed by atoms with E-state index in [4.69, 9.17) is 4.74 Å². The Morgan fingerprint density at radius 1 is 1.38 bits per heavy atom. The fraction of sp³-hybridized carbons (Fsp3) is 0.462. The summed E-state index contributed by atoms with van der Waals surface area (Å²) in [5.41, 5.74) is 1.36. The van der Waals surface area contributed by atoms with Gasteiger partial charge < -0.3 is 4.74 Å². The lowest BCUT2D eigenvalue weighted by atomic mass is 9.65. The summed E-state index contributed by atoms with van der Waals surface area (Å²) in [6, 6.07) is 8.33. The highest BCUT2D eigenvalue weighted by molar-refractivity contribution is 9.10. The van der Waals surface area contributed by atoms with E-state index < -0.39 is 0 Å².